The van der Waals surface area contributed by atoms with Gasteiger partial charge in [0, 0.05) is 11.7 Å². The van der Waals surface area contributed by atoms with E-state index in [1.54, 1.807) is 0 Å². The second-order valence-electron chi connectivity index (χ2n) is 7.59. The number of imide groups is 1. The van der Waals surface area contributed by atoms with Crippen molar-refractivity contribution in [3.05, 3.63) is 46.3 Å². The van der Waals surface area contributed by atoms with Crippen molar-refractivity contribution < 1.29 is 27.5 Å². The summed E-state index contributed by atoms with van der Waals surface area (Å²) < 4.78 is 32.6. The number of carbonyl (C=O) groups excluding carboxylic acids is 3. The number of rotatable bonds is 7. The molecule has 1 atom stereocenters. The zero-order valence-corrected chi connectivity index (χ0v) is 20.2. The zero-order valence-electron chi connectivity index (χ0n) is 17.8. The predicted octanol–water partition coefficient (Wildman–Crippen LogP) is 3.91. The smallest absolute Gasteiger partial charge is 0.338 e. The molecule has 1 aromatic heterocycles. The summed E-state index contributed by atoms with van der Waals surface area (Å²) in [6.45, 7) is 1.36. The summed E-state index contributed by atoms with van der Waals surface area (Å²) in [5, 5.41) is 4.94. The number of amides is 3. The van der Waals surface area contributed by atoms with E-state index in [0.29, 0.717) is 4.34 Å². The van der Waals surface area contributed by atoms with E-state index in [-0.39, 0.29) is 21.5 Å². The van der Waals surface area contributed by atoms with Gasteiger partial charge >= 0.3 is 12.0 Å². The van der Waals surface area contributed by atoms with Crippen molar-refractivity contribution in [1.82, 2.24) is 10.6 Å². The summed E-state index contributed by atoms with van der Waals surface area (Å²) in [7, 11) is -3.80. The minimum atomic E-state index is -3.80. The number of sulfonamides is 1. The van der Waals surface area contributed by atoms with Gasteiger partial charge in [0.25, 0.3) is 15.9 Å². The first-order valence-electron chi connectivity index (χ1n) is 10.3. The van der Waals surface area contributed by atoms with Gasteiger partial charge in [-0.3, -0.25) is 14.8 Å². The number of ether oxygens (including phenoxy) is 1. The lowest BCUT2D eigenvalue weighted by Crippen LogP contribution is -2.48. The van der Waals surface area contributed by atoms with Crippen LogP contribution in [0.1, 0.15) is 49.4 Å². The Bertz CT molecular complexity index is 1110. The first-order chi connectivity index (χ1) is 15.6. The van der Waals surface area contributed by atoms with Crippen LogP contribution >= 0.6 is 22.9 Å². The molecule has 0 radical (unpaired) electrons. The van der Waals surface area contributed by atoms with Gasteiger partial charge in [-0.05, 0) is 56.2 Å². The Labute approximate surface area is 200 Å². The predicted molar refractivity (Wildman–Crippen MR) is 125 cm³/mol. The van der Waals surface area contributed by atoms with Crippen LogP contribution in [0.3, 0.4) is 0 Å². The molecule has 1 aliphatic rings. The average Bonchev–Trinajstić information content (AvgIpc) is 3.22. The van der Waals surface area contributed by atoms with Crippen molar-refractivity contribution in [3.8, 4) is 0 Å². The highest BCUT2D eigenvalue weighted by Crippen LogP contribution is 2.27. The molecule has 0 spiro atoms. The van der Waals surface area contributed by atoms with Crippen molar-refractivity contribution >= 4 is 56.6 Å². The fraction of sp³-hybridized carbons (Fsp3) is 0.381. The third-order valence-corrected chi connectivity index (χ3v) is 8.12. The number of anilines is 1. The number of benzene rings is 1. The Balaban J connectivity index is 1.51. The van der Waals surface area contributed by atoms with Crippen LogP contribution in [0, 0.1) is 0 Å². The van der Waals surface area contributed by atoms with Crippen LogP contribution < -0.4 is 15.4 Å². The third-order valence-electron chi connectivity index (χ3n) is 5.02. The third kappa shape index (κ3) is 7.18. The zero-order chi connectivity index (χ0) is 24.0. The van der Waals surface area contributed by atoms with Crippen molar-refractivity contribution in [3.63, 3.8) is 0 Å². The highest BCUT2D eigenvalue weighted by Gasteiger charge is 2.23. The van der Waals surface area contributed by atoms with E-state index in [0.717, 1.165) is 43.4 Å². The fourth-order valence-corrected chi connectivity index (χ4v) is 5.83. The number of esters is 1. The van der Waals surface area contributed by atoms with Gasteiger partial charge in [-0.2, -0.15) is 0 Å². The molecular weight excluding hydrogens is 490 g/mol. The average molecular weight is 514 g/mol. The van der Waals surface area contributed by atoms with Gasteiger partial charge in [-0.1, -0.05) is 30.9 Å². The molecule has 1 unspecified atom stereocenters. The molecule has 1 fully saturated rings. The molecule has 12 heteroatoms. The second-order valence-corrected chi connectivity index (χ2v) is 11.2. The highest BCUT2D eigenvalue weighted by atomic mass is 35.5. The topological polar surface area (TPSA) is 131 Å². The first-order valence-corrected chi connectivity index (χ1v) is 13.0. The van der Waals surface area contributed by atoms with Crippen LogP contribution in [0.4, 0.5) is 10.5 Å². The van der Waals surface area contributed by atoms with E-state index in [1.807, 2.05) is 0 Å². The molecule has 3 N–H and O–H groups in total. The normalized spacial score (nSPS) is 15.3. The van der Waals surface area contributed by atoms with Crippen molar-refractivity contribution in [1.29, 1.82) is 0 Å². The van der Waals surface area contributed by atoms with Gasteiger partial charge in [-0.15, -0.1) is 11.3 Å². The number of nitrogens with one attached hydrogen (secondary N) is 3. The van der Waals surface area contributed by atoms with Gasteiger partial charge in [0.05, 0.1) is 9.90 Å². The highest BCUT2D eigenvalue weighted by molar-refractivity contribution is 7.94. The standard InChI is InChI=1S/C21H24ClN3O6S2/c1-13(19(26)24-21(28)23-15-5-3-2-4-6-15)31-20(27)14-7-9-16(10-8-14)25-33(29,30)18-12-11-17(22)32-18/h7-13,15,25H,2-6H2,1H3,(H2,23,24,26,28). The fourth-order valence-electron chi connectivity index (χ4n) is 3.29. The molecule has 9 nitrogen and oxygen atoms in total. The molecule has 1 heterocycles. The van der Waals surface area contributed by atoms with Crippen LogP contribution in [-0.4, -0.2) is 38.5 Å². The molecule has 0 bridgehead atoms. The summed E-state index contributed by atoms with van der Waals surface area (Å²) in [5.74, 6) is -1.53. The Morgan fingerprint density at radius 1 is 1.06 bits per heavy atom. The Morgan fingerprint density at radius 3 is 2.33 bits per heavy atom. The maximum absolute atomic E-state index is 12.3. The summed E-state index contributed by atoms with van der Waals surface area (Å²) in [6, 6.07) is 7.82. The first kappa shape index (κ1) is 25.0. The number of hydrogen-bond donors (Lipinski definition) is 3. The van der Waals surface area contributed by atoms with Crippen molar-refractivity contribution in [2.75, 3.05) is 4.72 Å². The van der Waals surface area contributed by atoms with Crippen molar-refractivity contribution in [2.45, 2.75) is 55.4 Å². The molecule has 33 heavy (non-hydrogen) atoms. The molecule has 1 saturated carbocycles. The quantitative estimate of drug-likeness (QED) is 0.481. The monoisotopic (exact) mass is 513 g/mol. The number of halogens is 1. The molecule has 178 valence electrons. The maximum Gasteiger partial charge on any atom is 0.338 e. The van der Waals surface area contributed by atoms with Gasteiger partial charge in [-0.25, -0.2) is 18.0 Å². The van der Waals surface area contributed by atoms with E-state index in [1.165, 1.54) is 43.3 Å². The largest absolute Gasteiger partial charge is 0.449 e. The summed E-state index contributed by atoms with van der Waals surface area (Å²) in [6.07, 6.45) is 3.77. The number of carbonyl (C=O) groups is 3. The number of thiophene rings is 1. The van der Waals surface area contributed by atoms with E-state index in [9.17, 15) is 22.8 Å². The van der Waals surface area contributed by atoms with Gasteiger partial charge in [0.15, 0.2) is 6.10 Å². The molecule has 1 aromatic carbocycles. The lowest BCUT2D eigenvalue weighted by atomic mass is 9.96. The SMILES string of the molecule is CC(OC(=O)c1ccc(NS(=O)(=O)c2ccc(Cl)s2)cc1)C(=O)NC(=O)NC1CCCCC1. The molecule has 2 aromatic rings. The van der Waals surface area contributed by atoms with Gasteiger partial charge in [0.1, 0.15) is 4.21 Å². The molecule has 3 amide bonds. The van der Waals surface area contributed by atoms with E-state index in [4.69, 9.17) is 16.3 Å². The molecular formula is C21H24ClN3O6S2. The summed E-state index contributed by atoms with van der Waals surface area (Å²) in [5.41, 5.74) is 0.352. The van der Waals surface area contributed by atoms with E-state index < -0.39 is 34.0 Å². The van der Waals surface area contributed by atoms with Crippen molar-refractivity contribution in [2.24, 2.45) is 0 Å². The molecule has 0 aliphatic heterocycles. The lowest BCUT2D eigenvalue weighted by Gasteiger charge is -2.23. The summed E-state index contributed by atoms with van der Waals surface area (Å²) in [4.78, 5) is 36.5. The van der Waals surface area contributed by atoms with Gasteiger partial charge < -0.3 is 10.1 Å². The Kier molecular flexibility index (Phi) is 8.33. The van der Waals surface area contributed by atoms with Crippen LogP contribution in [0.2, 0.25) is 4.34 Å². The van der Waals surface area contributed by atoms with E-state index in [2.05, 4.69) is 15.4 Å². The summed E-state index contributed by atoms with van der Waals surface area (Å²) >= 11 is 6.70. The molecule has 1 aliphatic carbocycles. The van der Waals surface area contributed by atoms with Crippen LogP contribution in [-0.2, 0) is 19.6 Å². The lowest BCUT2D eigenvalue weighted by molar-refractivity contribution is -0.127. The van der Waals surface area contributed by atoms with Crippen LogP contribution in [0.5, 0.6) is 0 Å². The van der Waals surface area contributed by atoms with Crippen LogP contribution in [0.15, 0.2) is 40.6 Å². The Hall–Kier alpha value is -2.63. The van der Waals surface area contributed by atoms with Crippen LogP contribution in [0.25, 0.3) is 0 Å². The molecule has 3 rings (SSSR count). The van der Waals surface area contributed by atoms with Gasteiger partial charge in [0.2, 0.25) is 0 Å². The Morgan fingerprint density at radius 2 is 1.73 bits per heavy atom. The minimum Gasteiger partial charge on any atom is -0.449 e. The minimum absolute atomic E-state index is 0.0390. The molecule has 0 saturated heterocycles. The number of urea groups is 1. The maximum atomic E-state index is 12.3. The number of hydrogen-bond acceptors (Lipinski definition) is 7. The second kappa shape index (κ2) is 11.0. The van der Waals surface area contributed by atoms with E-state index >= 15 is 0 Å².